The topological polar surface area (TPSA) is 44.5 Å². The van der Waals surface area contributed by atoms with Crippen LogP contribution in [0.5, 0.6) is 0 Å². The molecule has 28 heavy (non-hydrogen) atoms. The molecule has 1 saturated heterocycles. The zero-order valence-electron chi connectivity index (χ0n) is 14.7. The number of nitrogens with zero attached hydrogens (tertiary/aromatic N) is 1. The normalized spacial score (nSPS) is 19.7. The fourth-order valence-electron chi connectivity index (χ4n) is 3.22. The first-order chi connectivity index (χ1) is 13.9. The molecule has 0 radical (unpaired) electrons. The highest BCUT2D eigenvalue weighted by Gasteiger charge is 2.43. The van der Waals surface area contributed by atoms with Crippen LogP contribution in [0, 0.1) is 0 Å². The molecule has 5 rings (SSSR count). The Morgan fingerprint density at radius 3 is 2.79 bits per heavy atom. The summed E-state index contributed by atoms with van der Waals surface area (Å²) in [6.45, 7) is 1.14. The third kappa shape index (κ3) is 3.30. The molecule has 0 saturated carbocycles. The Bertz CT molecular complexity index is 1140. The van der Waals surface area contributed by atoms with E-state index in [1.54, 1.807) is 0 Å². The van der Waals surface area contributed by atoms with E-state index in [4.69, 9.17) is 14.0 Å². The lowest BCUT2D eigenvalue weighted by Gasteiger charge is -2.29. The maximum absolute atomic E-state index is 6.24. The summed E-state index contributed by atoms with van der Waals surface area (Å²) >= 11 is -0.739. The van der Waals surface area contributed by atoms with Crippen LogP contribution in [0.2, 0.25) is 0 Å². The molecule has 2 aromatic rings. The van der Waals surface area contributed by atoms with Gasteiger partial charge in [0.15, 0.2) is 5.76 Å². The summed E-state index contributed by atoms with van der Waals surface area (Å²) in [7, 11) is 0. The first-order valence-electron chi connectivity index (χ1n) is 8.73. The average Bonchev–Trinajstić information content (AvgIpc) is 3.21. The molecular formula is C22H15I2NO3. The van der Waals surface area contributed by atoms with Crippen molar-refractivity contribution < 1.29 is 14.0 Å². The Balaban J connectivity index is 1.67. The Morgan fingerprint density at radius 2 is 1.93 bits per heavy atom. The third-order valence-electron chi connectivity index (χ3n) is 4.49. The highest BCUT2D eigenvalue weighted by Crippen LogP contribution is 2.45. The molecule has 0 unspecified atom stereocenters. The minimum atomic E-state index is -0.857. The van der Waals surface area contributed by atoms with E-state index < -0.39 is 26.5 Å². The highest BCUT2D eigenvalue weighted by atomic mass is 127. The molecule has 3 aliphatic heterocycles. The molecule has 0 atom stereocenters. The molecule has 4 heterocycles. The van der Waals surface area contributed by atoms with Gasteiger partial charge in [0.1, 0.15) is 5.69 Å². The number of halogens is 2. The van der Waals surface area contributed by atoms with Gasteiger partial charge in [-0.1, -0.05) is 42.8 Å². The molecule has 0 bridgehead atoms. The van der Waals surface area contributed by atoms with Gasteiger partial charge in [-0.3, -0.25) is 0 Å². The van der Waals surface area contributed by atoms with E-state index in [1.807, 2.05) is 42.5 Å². The van der Waals surface area contributed by atoms with E-state index in [0.29, 0.717) is 13.2 Å². The molecule has 0 N–H and O–H groups in total. The maximum atomic E-state index is 6.24. The Kier molecular flexibility index (Phi) is 5.24. The van der Waals surface area contributed by atoms with Crippen LogP contribution in [0.1, 0.15) is 11.3 Å². The summed E-state index contributed by atoms with van der Waals surface area (Å²) in [6, 6.07) is 10.0. The highest BCUT2D eigenvalue weighted by molar-refractivity contribution is 14.2. The van der Waals surface area contributed by atoms with Gasteiger partial charge in [-0.05, 0) is 69.8 Å². The standard InChI is InChI=1S/C22H15I2NO3/c1-2-5-16(6-3-1)21-18-15-20(24-12-9-19(18)25-28-21)22(26-13-14-27-22)17-7-4-10-23-11-8-17/h1-9,11,15H,13-14H2. The van der Waals surface area contributed by atoms with Crippen molar-refractivity contribution in [3.8, 4) is 11.3 Å². The van der Waals surface area contributed by atoms with Gasteiger partial charge in [-0.15, -0.1) is 0 Å². The minimum absolute atomic E-state index is 0.180. The van der Waals surface area contributed by atoms with Gasteiger partial charge in [0, 0.05) is 17.2 Å². The number of ether oxygens (including phenoxy) is 2. The lowest BCUT2D eigenvalue weighted by molar-refractivity contribution is -0.0822. The van der Waals surface area contributed by atoms with E-state index >= 15 is 0 Å². The summed E-state index contributed by atoms with van der Waals surface area (Å²) in [5, 5.41) is 4.26. The largest absolute Gasteiger partial charge is 0.355 e. The molecule has 6 heteroatoms. The molecule has 1 aromatic carbocycles. The van der Waals surface area contributed by atoms with E-state index in [9.17, 15) is 0 Å². The molecule has 1 fully saturated rings. The molecule has 0 amide bonds. The lowest BCUT2D eigenvalue weighted by Crippen LogP contribution is -2.32. The van der Waals surface area contributed by atoms with Crippen LogP contribution in [0.3, 0.4) is 0 Å². The summed E-state index contributed by atoms with van der Waals surface area (Å²) in [5.41, 5.74) is 3.77. The number of hydrogen-bond acceptors (Lipinski definition) is 4. The number of fused-ring (bicyclic) bond motifs is 1. The van der Waals surface area contributed by atoms with Gasteiger partial charge in [0.2, 0.25) is 5.79 Å². The molecule has 140 valence electrons. The van der Waals surface area contributed by atoms with Gasteiger partial charge < -0.3 is 14.0 Å². The van der Waals surface area contributed by atoms with E-state index in [0.717, 1.165) is 31.7 Å². The zero-order chi connectivity index (χ0) is 18.8. The number of hydrogen-bond donors (Lipinski definition) is 0. The summed E-state index contributed by atoms with van der Waals surface area (Å²) < 4.78 is 28.2. The minimum Gasteiger partial charge on any atom is -0.355 e. The smallest absolute Gasteiger partial charge is 0.228 e. The van der Waals surface area contributed by atoms with Crippen LogP contribution >= 0.6 is 41.5 Å². The molecule has 3 aliphatic rings. The second-order valence-corrected chi connectivity index (χ2v) is 10.4. The first-order valence-corrected chi connectivity index (χ1v) is 13.2. The Morgan fingerprint density at radius 1 is 1.07 bits per heavy atom. The molecule has 1 aromatic heterocycles. The van der Waals surface area contributed by atoms with Gasteiger partial charge in [-0.25, -0.2) is 0 Å². The first kappa shape index (κ1) is 18.4. The van der Waals surface area contributed by atoms with E-state index in [2.05, 4.69) is 34.8 Å². The summed E-state index contributed by atoms with van der Waals surface area (Å²) in [4.78, 5) is 0. The number of allylic oxidation sites excluding steroid dienone is 2. The van der Waals surface area contributed by atoms with Crippen LogP contribution in [0.4, 0.5) is 0 Å². The van der Waals surface area contributed by atoms with Crippen molar-refractivity contribution in [2.45, 2.75) is 5.79 Å². The lowest BCUT2D eigenvalue weighted by atomic mass is 10.0. The molecule has 0 spiro atoms. The predicted molar refractivity (Wildman–Crippen MR) is 129 cm³/mol. The van der Waals surface area contributed by atoms with Gasteiger partial charge in [0.05, 0.1) is 22.4 Å². The SMILES string of the molecule is C1=CC=C(C2(C3=Cc4c(noc4-c4ccccc4)C=C=I3)OCCO2)C=CI=1. The summed E-state index contributed by atoms with van der Waals surface area (Å²) in [5.74, 6) is -0.0985. The van der Waals surface area contributed by atoms with Gasteiger partial charge in [-0.2, -0.15) is 0 Å². The molecule has 0 aliphatic carbocycles. The van der Waals surface area contributed by atoms with Crippen molar-refractivity contribution in [2.24, 2.45) is 0 Å². The molecule has 4 nitrogen and oxygen atoms in total. The van der Waals surface area contributed by atoms with E-state index in [-0.39, 0.29) is 20.7 Å². The number of aromatic nitrogens is 1. The number of benzene rings is 1. The monoisotopic (exact) mass is 595 g/mol. The average molecular weight is 595 g/mol. The van der Waals surface area contributed by atoms with Crippen molar-refractivity contribution in [3.05, 3.63) is 73.1 Å². The molecular weight excluding hydrogens is 580 g/mol. The fourth-order valence-corrected chi connectivity index (χ4v) is 6.62. The van der Waals surface area contributed by atoms with Crippen LogP contribution in [0.25, 0.3) is 23.5 Å². The Hall–Kier alpha value is -1.67. The van der Waals surface area contributed by atoms with Crippen molar-refractivity contribution in [1.82, 2.24) is 5.16 Å². The Labute approximate surface area is 182 Å². The van der Waals surface area contributed by atoms with Gasteiger partial charge >= 0.3 is 0 Å². The third-order valence-corrected chi connectivity index (χ3v) is 8.16. The zero-order valence-corrected chi connectivity index (χ0v) is 19.0. The fraction of sp³-hybridized carbons (Fsp3) is 0.136. The van der Waals surface area contributed by atoms with Crippen molar-refractivity contribution in [1.29, 1.82) is 0 Å². The van der Waals surface area contributed by atoms with Crippen LogP contribution in [-0.2, 0) is 9.47 Å². The predicted octanol–water partition coefficient (Wildman–Crippen LogP) is 5.21. The maximum Gasteiger partial charge on any atom is 0.228 e. The van der Waals surface area contributed by atoms with Crippen molar-refractivity contribution in [2.75, 3.05) is 13.2 Å². The quantitative estimate of drug-likeness (QED) is 0.458. The second-order valence-electron chi connectivity index (χ2n) is 6.13. The summed E-state index contributed by atoms with van der Waals surface area (Å²) in [6.07, 6.45) is 10.2. The van der Waals surface area contributed by atoms with Crippen LogP contribution < -0.4 is 0 Å². The van der Waals surface area contributed by atoms with Crippen LogP contribution in [0.15, 0.2) is 66.3 Å². The number of rotatable bonds is 3. The van der Waals surface area contributed by atoms with Crippen molar-refractivity contribution >= 4 is 60.9 Å². The second kappa shape index (κ2) is 7.99. The van der Waals surface area contributed by atoms with Gasteiger partial charge in [0.25, 0.3) is 0 Å². The van der Waals surface area contributed by atoms with Crippen molar-refractivity contribution in [3.63, 3.8) is 0 Å². The van der Waals surface area contributed by atoms with E-state index in [1.165, 1.54) is 0 Å². The van der Waals surface area contributed by atoms with Crippen LogP contribution in [-0.4, -0.2) is 31.5 Å².